The van der Waals surface area contributed by atoms with Crippen molar-refractivity contribution in [1.29, 1.82) is 0 Å². The summed E-state index contributed by atoms with van der Waals surface area (Å²) in [6.45, 7) is 0. The van der Waals surface area contributed by atoms with Crippen molar-refractivity contribution in [2.24, 2.45) is 0 Å². The van der Waals surface area contributed by atoms with E-state index >= 15 is 0 Å². The SMILES string of the molecule is COC(=O)c1ccc(OC(=O)c2cc(OC)cc(OC)c2)c(OC)c1. The van der Waals surface area contributed by atoms with Crippen LogP contribution in [0.1, 0.15) is 20.7 Å². The highest BCUT2D eigenvalue weighted by atomic mass is 16.6. The third-order valence-corrected chi connectivity index (χ3v) is 3.37. The first-order valence-electron chi connectivity index (χ1n) is 7.24. The van der Waals surface area contributed by atoms with Crippen molar-refractivity contribution < 1.29 is 33.3 Å². The van der Waals surface area contributed by atoms with Gasteiger partial charge in [-0.1, -0.05) is 0 Å². The van der Waals surface area contributed by atoms with E-state index in [1.54, 1.807) is 6.07 Å². The maximum Gasteiger partial charge on any atom is 0.343 e. The lowest BCUT2D eigenvalue weighted by molar-refractivity contribution is 0.0600. The molecule has 0 saturated heterocycles. The topological polar surface area (TPSA) is 80.3 Å². The normalized spacial score (nSPS) is 9.92. The Morgan fingerprint density at radius 1 is 0.680 bits per heavy atom. The van der Waals surface area contributed by atoms with Gasteiger partial charge in [0.25, 0.3) is 0 Å². The van der Waals surface area contributed by atoms with Gasteiger partial charge in [-0.3, -0.25) is 0 Å². The van der Waals surface area contributed by atoms with Crippen LogP contribution in [0, 0.1) is 0 Å². The van der Waals surface area contributed by atoms with Crippen LogP contribution in [0.5, 0.6) is 23.0 Å². The van der Waals surface area contributed by atoms with Gasteiger partial charge < -0.3 is 23.7 Å². The smallest absolute Gasteiger partial charge is 0.343 e. The van der Waals surface area contributed by atoms with Crippen molar-refractivity contribution in [3.63, 3.8) is 0 Å². The number of esters is 2. The number of hydrogen-bond donors (Lipinski definition) is 0. The fraction of sp³-hybridized carbons (Fsp3) is 0.222. The molecule has 0 aliphatic carbocycles. The molecule has 0 amide bonds. The highest BCUT2D eigenvalue weighted by molar-refractivity contribution is 5.93. The quantitative estimate of drug-likeness (QED) is 0.587. The van der Waals surface area contributed by atoms with Gasteiger partial charge >= 0.3 is 11.9 Å². The van der Waals surface area contributed by atoms with Gasteiger partial charge in [-0.2, -0.15) is 0 Å². The maximum absolute atomic E-state index is 12.4. The molecule has 0 saturated carbocycles. The van der Waals surface area contributed by atoms with E-state index in [0.717, 1.165) is 0 Å². The third-order valence-electron chi connectivity index (χ3n) is 3.37. The Labute approximate surface area is 145 Å². The Morgan fingerprint density at radius 2 is 1.32 bits per heavy atom. The van der Waals surface area contributed by atoms with Gasteiger partial charge in [0.2, 0.25) is 0 Å². The van der Waals surface area contributed by atoms with E-state index in [1.165, 1.54) is 58.8 Å². The zero-order valence-corrected chi connectivity index (χ0v) is 14.3. The number of benzene rings is 2. The van der Waals surface area contributed by atoms with Crippen LogP contribution in [0.4, 0.5) is 0 Å². The summed E-state index contributed by atoms with van der Waals surface area (Å²) in [5.41, 5.74) is 0.525. The summed E-state index contributed by atoms with van der Waals surface area (Å²) in [5, 5.41) is 0. The first-order valence-corrected chi connectivity index (χ1v) is 7.24. The second kappa shape index (κ2) is 8.05. The van der Waals surface area contributed by atoms with E-state index in [9.17, 15) is 9.59 Å². The summed E-state index contributed by atoms with van der Waals surface area (Å²) in [5.74, 6) is 0.168. The van der Waals surface area contributed by atoms with Gasteiger partial charge in [0.1, 0.15) is 11.5 Å². The highest BCUT2D eigenvalue weighted by Crippen LogP contribution is 2.30. The molecule has 25 heavy (non-hydrogen) atoms. The average Bonchev–Trinajstić information content (AvgIpc) is 2.66. The largest absolute Gasteiger partial charge is 0.497 e. The molecule has 2 aromatic rings. The molecule has 0 aromatic heterocycles. The third kappa shape index (κ3) is 4.20. The van der Waals surface area contributed by atoms with Gasteiger partial charge in [-0.05, 0) is 30.3 Å². The Hall–Kier alpha value is -3.22. The summed E-state index contributed by atoms with van der Waals surface area (Å²) in [4.78, 5) is 24.0. The number of hydrogen-bond acceptors (Lipinski definition) is 7. The Morgan fingerprint density at radius 3 is 1.84 bits per heavy atom. The van der Waals surface area contributed by atoms with Crippen molar-refractivity contribution >= 4 is 11.9 Å². The Kier molecular flexibility index (Phi) is 5.84. The van der Waals surface area contributed by atoms with Crippen LogP contribution in [0.2, 0.25) is 0 Å². The molecular weight excluding hydrogens is 328 g/mol. The Bertz CT molecular complexity index is 761. The van der Waals surface area contributed by atoms with Crippen LogP contribution < -0.4 is 18.9 Å². The van der Waals surface area contributed by atoms with Crippen LogP contribution in [-0.2, 0) is 4.74 Å². The van der Waals surface area contributed by atoms with Gasteiger partial charge in [-0.25, -0.2) is 9.59 Å². The van der Waals surface area contributed by atoms with E-state index < -0.39 is 11.9 Å². The molecule has 0 N–H and O–H groups in total. The van der Waals surface area contributed by atoms with Crippen molar-refractivity contribution in [2.45, 2.75) is 0 Å². The van der Waals surface area contributed by atoms with E-state index in [1.807, 2.05) is 0 Å². The van der Waals surface area contributed by atoms with Crippen molar-refractivity contribution in [3.05, 3.63) is 47.5 Å². The van der Waals surface area contributed by atoms with Crippen LogP contribution in [0.25, 0.3) is 0 Å². The standard InChI is InChI=1S/C18H18O7/c1-21-13-7-12(8-14(10-13)22-2)18(20)25-15-6-5-11(17(19)24-4)9-16(15)23-3/h5-10H,1-4H3. The number of carbonyl (C=O) groups excluding carboxylic acids is 2. The van der Waals surface area contributed by atoms with Gasteiger partial charge in [0, 0.05) is 6.07 Å². The minimum absolute atomic E-state index is 0.168. The van der Waals surface area contributed by atoms with Gasteiger partial charge in [-0.15, -0.1) is 0 Å². The lowest BCUT2D eigenvalue weighted by atomic mass is 10.2. The first kappa shape index (κ1) is 18.1. The second-order valence-electron chi connectivity index (χ2n) is 4.85. The lowest BCUT2D eigenvalue weighted by Gasteiger charge is -2.11. The summed E-state index contributed by atoms with van der Waals surface area (Å²) >= 11 is 0. The van der Waals surface area contributed by atoms with E-state index in [2.05, 4.69) is 4.74 Å². The minimum atomic E-state index is -0.624. The molecule has 132 valence electrons. The monoisotopic (exact) mass is 346 g/mol. The molecule has 0 heterocycles. The summed E-state index contributed by atoms with van der Waals surface area (Å²) in [7, 11) is 5.65. The van der Waals surface area contributed by atoms with Crippen molar-refractivity contribution in [1.82, 2.24) is 0 Å². The summed E-state index contributed by atoms with van der Waals surface area (Å²) < 4.78 is 25.4. The molecule has 2 rings (SSSR count). The fourth-order valence-electron chi connectivity index (χ4n) is 2.08. The molecule has 7 heteroatoms. The van der Waals surface area contributed by atoms with Crippen molar-refractivity contribution in [3.8, 4) is 23.0 Å². The molecule has 0 fully saturated rings. The second-order valence-corrected chi connectivity index (χ2v) is 4.85. The van der Waals surface area contributed by atoms with Gasteiger partial charge in [0.05, 0.1) is 39.6 Å². The first-order chi connectivity index (χ1) is 12.0. The molecule has 0 unspecified atom stereocenters. The van der Waals surface area contributed by atoms with Crippen LogP contribution in [0.3, 0.4) is 0 Å². The molecule has 0 spiro atoms. The number of rotatable bonds is 6. The summed E-state index contributed by atoms with van der Waals surface area (Å²) in [6.07, 6.45) is 0. The predicted octanol–water partition coefficient (Wildman–Crippen LogP) is 2.72. The molecule has 7 nitrogen and oxygen atoms in total. The molecule has 0 atom stereocenters. The number of ether oxygens (including phenoxy) is 5. The number of methoxy groups -OCH3 is 4. The molecule has 0 aliphatic heterocycles. The zero-order chi connectivity index (χ0) is 18.4. The molecule has 2 aromatic carbocycles. The zero-order valence-electron chi connectivity index (χ0n) is 14.3. The van der Waals surface area contributed by atoms with Crippen LogP contribution in [0.15, 0.2) is 36.4 Å². The van der Waals surface area contributed by atoms with Gasteiger partial charge in [0.15, 0.2) is 11.5 Å². The Balaban J connectivity index is 2.30. The fourth-order valence-corrected chi connectivity index (χ4v) is 2.08. The number of carbonyl (C=O) groups is 2. The van der Waals surface area contributed by atoms with E-state index in [4.69, 9.17) is 18.9 Å². The predicted molar refractivity (Wildman–Crippen MR) is 88.8 cm³/mol. The van der Waals surface area contributed by atoms with Crippen molar-refractivity contribution in [2.75, 3.05) is 28.4 Å². The molecule has 0 radical (unpaired) electrons. The summed E-state index contributed by atoms with van der Waals surface area (Å²) in [6, 6.07) is 9.06. The average molecular weight is 346 g/mol. The minimum Gasteiger partial charge on any atom is -0.497 e. The highest BCUT2D eigenvalue weighted by Gasteiger charge is 2.17. The molecule has 0 bridgehead atoms. The van der Waals surface area contributed by atoms with E-state index in [-0.39, 0.29) is 22.6 Å². The van der Waals surface area contributed by atoms with Crippen LogP contribution in [-0.4, -0.2) is 40.4 Å². The lowest BCUT2D eigenvalue weighted by Crippen LogP contribution is -2.10. The maximum atomic E-state index is 12.4. The molecule has 0 aliphatic rings. The van der Waals surface area contributed by atoms with E-state index in [0.29, 0.717) is 11.5 Å². The molecular formula is C18H18O7. The van der Waals surface area contributed by atoms with Crippen LogP contribution >= 0.6 is 0 Å².